The molecule has 186 valence electrons. The summed E-state index contributed by atoms with van der Waals surface area (Å²) in [5.74, 6) is -1.40. The van der Waals surface area contributed by atoms with Gasteiger partial charge in [0, 0.05) is 16.9 Å². The van der Waals surface area contributed by atoms with Gasteiger partial charge in [0.2, 0.25) is 5.16 Å². The first-order chi connectivity index (χ1) is 17.4. The van der Waals surface area contributed by atoms with Gasteiger partial charge in [-0.3, -0.25) is 19.6 Å². The van der Waals surface area contributed by atoms with E-state index < -0.39 is 34.9 Å². The molecule has 5 heterocycles. The number of aromatic amines is 1. The molecule has 2 amide bonds. The topological polar surface area (TPSA) is 200 Å². The molecule has 3 aromatic heterocycles. The SMILES string of the molecule is Nc1nc(C(=NO)C(=O)N[C@@H]2C(=O)N3C(C(=O)O)=C(CSc4n[nH]c(-c5cccs5)n4)CS[C@@H]23)cs1. The summed E-state index contributed by atoms with van der Waals surface area (Å²) in [4.78, 5) is 48.0. The number of carbonyl (C=O) groups is 3. The maximum absolute atomic E-state index is 12.9. The van der Waals surface area contributed by atoms with Gasteiger partial charge in [0.1, 0.15) is 22.8 Å². The lowest BCUT2D eigenvalue weighted by atomic mass is 10.0. The summed E-state index contributed by atoms with van der Waals surface area (Å²) >= 11 is 5.17. The summed E-state index contributed by atoms with van der Waals surface area (Å²) < 4.78 is 0. The van der Waals surface area contributed by atoms with Crippen LogP contribution in [0.1, 0.15) is 5.69 Å². The number of thioether (sulfide) groups is 2. The molecule has 0 radical (unpaired) electrons. The van der Waals surface area contributed by atoms with Gasteiger partial charge >= 0.3 is 5.97 Å². The Kier molecular flexibility index (Phi) is 6.69. The molecule has 13 nitrogen and oxygen atoms in total. The van der Waals surface area contributed by atoms with E-state index in [2.05, 4.69) is 30.6 Å². The molecule has 0 aliphatic carbocycles. The van der Waals surface area contributed by atoms with Gasteiger partial charge in [0.25, 0.3) is 11.8 Å². The van der Waals surface area contributed by atoms with Gasteiger partial charge in [-0.1, -0.05) is 23.0 Å². The van der Waals surface area contributed by atoms with Crippen molar-refractivity contribution in [3.05, 3.63) is 39.9 Å². The zero-order valence-corrected chi connectivity index (χ0v) is 21.2. The van der Waals surface area contributed by atoms with Crippen molar-refractivity contribution in [1.82, 2.24) is 30.4 Å². The molecule has 2 aliphatic heterocycles. The number of anilines is 1. The smallest absolute Gasteiger partial charge is 0.352 e. The van der Waals surface area contributed by atoms with Crippen LogP contribution in [0.2, 0.25) is 0 Å². The quantitative estimate of drug-likeness (QED) is 0.0868. The van der Waals surface area contributed by atoms with Gasteiger partial charge in [0.05, 0.1) is 4.88 Å². The molecule has 2 aliphatic rings. The number of oxime groups is 1. The molecular weight excluding hydrogens is 549 g/mol. The van der Waals surface area contributed by atoms with E-state index in [0.717, 1.165) is 16.2 Å². The number of nitrogens with zero attached hydrogens (tertiary/aromatic N) is 5. The van der Waals surface area contributed by atoms with E-state index in [-0.39, 0.29) is 22.3 Å². The molecule has 1 fully saturated rings. The lowest BCUT2D eigenvalue weighted by Gasteiger charge is -2.49. The molecule has 1 saturated heterocycles. The third kappa shape index (κ3) is 4.45. The second-order valence-corrected chi connectivity index (χ2v) is 11.3. The number of H-pyrrole nitrogens is 1. The lowest BCUT2D eigenvalue weighted by molar-refractivity contribution is -0.150. The number of nitrogens with two attached hydrogens (primary N) is 1. The van der Waals surface area contributed by atoms with E-state index in [4.69, 9.17) is 5.73 Å². The van der Waals surface area contributed by atoms with Crippen molar-refractivity contribution in [1.29, 1.82) is 0 Å². The Hall–Kier alpha value is -3.41. The second kappa shape index (κ2) is 9.92. The largest absolute Gasteiger partial charge is 0.477 e. The number of carboxylic acid groups (broad SMARTS) is 1. The molecule has 5 rings (SSSR count). The third-order valence-corrected chi connectivity index (χ3v) is 9.03. The third-order valence-electron chi connectivity index (χ3n) is 5.21. The standard InChI is InChI=1S/C19H16N8O5S4/c20-18-21-8(6-35-18)10(26-32)14(28)22-11-15(29)27-12(17(30)31)7(4-34-16(11)27)5-36-19-23-13(24-25-19)9-2-1-3-33-9/h1-3,6,11,16,32H,4-5H2,(H2,20,21)(H,22,28)(H,30,31)(H,23,24,25)/t11-,16+/m1/s1. The van der Waals surface area contributed by atoms with Crippen molar-refractivity contribution < 1.29 is 24.7 Å². The molecule has 2 atom stereocenters. The number of carbonyl (C=O) groups excluding carboxylic acids is 2. The highest BCUT2D eigenvalue weighted by molar-refractivity contribution is 8.01. The predicted molar refractivity (Wildman–Crippen MR) is 135 cm³/mol. The first-order valence-electron chi connectivity index (χ1n) is 10.1. The monoisotopic (exact) mass is 564 g/mol. The van der Waals surface area contributed by atoms with E-state index in [1.165, 1.54) is 45.1 Å². The van der Waals surface area contributed by atoms with E-state index in [9.17, 15) is 24.7 Å². The Balaban J connectivity index is 1.28. The predicted octanol–water partition coefficient (Wildman–Crippen LogP) is 1.28. The number of fused-ring (bicyclic) bond motifs is 1. The van der Waals surface area contributed by atoms with Crippen molar-refractivity contribution >= 4 is 74.8 Å². The van der Waals surface area contributed by atoms with Crippen molar-refractivity contribution in [3.8, 4) is 10.7 Å². The van der Waals surface area contributed by atoms with Crippen LogP contribution in [0, 0.1) is 0 Å². The highest BCUT2D eigenvalue weighted by Gasteiger charge is 2.54. The number of carboxylic acids is 1. The molecule has 0 unspecified atom stereocenters. The molecule has 0 bridgehead atoms. The number of hydrogen-bond acceptors (Lipinski definition) is 13. The second-order valence-electron chi connectivity index (χ2n) is 7.37. The van der Waals surface area contributed by atoms with Crippen LogP contribution in [0.5, 0.6) is 0 Å². The van der Waals surface area contributed by atoms with Crippen LogP contribution in [0.3, 0.4) is 0 Å². The molecule has 36 heavy (non-hydrogen) atoms. The molecule has 6 N–H and O–H groups in total. The van der Waals surface area contributed by atoms with Gasteiger partial charge < -0.3 is 21.4 Å². The van der Waals surface area contributed by atoms with E-state index in [1.54, 1.807) is 0 Å². The van der Waals surface area contributed by atoms with Crippen LogP contribution < -0.4 is 11.1 Å². The van der Waals surface area contributed by atoms with Crippen molar-refractivity contribution in [3.63, 3.8) is 0 Å². The minimum atomic E-state index is -1.24. The Bertz CT molecular complexity index is 1400. The van der Waals surface area contributed by atoms with Gasteiger partial charge in [-0.05, 0) is 17.0 Å². The van der Waals surface area contributed by atoms with Gasteiger partial charge in [-0.2, -0.15) is 0 Å². The molecule has 0 spiro atoms. The van der Waals surface area contributed by atoms with E-state index in [0.29, 0.717) is 22.3 Å². The maximum atomic E-state index is 12.9. The van der Waals surface area contributed by atoms with Crippen LogP contribution in [0.25, 0.3) is 10.7 Å². The zero-order valence-electron chi connectivity index (χ0n) is 17.9. The molecule has 0 saturated carbocycles. The van der Waals surface area contributed by atoms with Gasteiger partial charge in [-0.25, -0.2) is 14.8 Å². The van der Waals surface area contributed by atoms with E-state index in [1.807, 2.05) is 17.5 Å². The van der Waals surface area contributed by atoms with Crippen LogP contribution in [0.4, 0.5) is 5.13 Å². The normalized spacial score (nSPS) is 19.7. The summed E-state index contributed by atoms with van der Waals surface area (Å²) in [7, 11) is 0. The fourth-order valence-corrected chi connectivity index (χ4v) is 7.09. The number of amides is 2. The fraction of sp³-hybridized carbons (Fsp3) is 0.211. The van der Waals surface area contributed by atoms with Crippen LogP contribution in [-0.4, -0.2) is 81.8 Å². The summed E-state index contributed by atoms with van der Waals surface area (Å²) in [5.41, 5.74) is 5.67. The number of thiophene rings is 1. The van der Waals surface area contributed by atoms with Crippen molar-refractivity contribution in [2.75, 3.05) is 17.2 Å². The Morgan fingerprint density at radius 2 is 2.19 bits per heavy atom. The van der Waals surface area contributed by atoms with Crippen LogP contribution >= 0.6 is 46.2 Å². The lowest BCUT2D eigenvalue weighted by Crippen LogP contribution is -2.71. The summed E-state index contributed by atoms with van der Waals surface area (Å²) in [6, 6.07) is 2.83. The zero-order chi connectivity index (χ0) is 25.4. The maximum Gasteiger partial charge on any atom is 0.352 e. The Labute approximate surface area is 218 Å². The molecule has 0 aromatic carbocycles. The van der Waals surface area contributed by atoms with Crippen LogP contribution in [0.15, 0.2) is 44.5 Å². The number of aliphatic carboxylic acids is 1. The minimum Gasteiger partial charge on any atom is -0.477 e. The van der Waals surface area contributed by atoms with Crippen molar-refractivity contribution in [2.24, 2.45) is 5.16 Å². The Morgan fingerprint density at radius 1 is 1.36 bits per heavy atom. The summed E-state index contributed by atoms with van der Waals surface area (Å²) in [6.45, 7) is 0. The van der Waals surface area contributed by atoms with Crippen molar-refractivity contribution in [2.45, 2.75) is 16.6 Å². The molecule has 17 heteroatoms. The average Bonchev–Trinajstić information content (AvgIpc) is 3.63. The molecular formula is C19H16N8O5S4. The number of hydrogen-bond donors (Lipinski definition) is 5. The highest BCUT2D eigenvalue weighted by Crippen LogP contribution is 2.41. The highest BCUT2D eigenvalue weighted by atomic mass is 32.2. The van der Waals surface area contributed by atoms with E-state index >= 15 is 0 Å². The van der Waals surface area contributed by atoms with Gasteiger partial charge in [-0.15, -0.1) is 39.5 Å². The first kappa shape index (κ1) is 24.3. The van der Waals surface area contributed by atoms with Crippen LogP contribution in [-0.2, 0) is 14.4 Å². The Morgan fingerprint density at radius 3 is 2.86 bits per heavy atom. The minimum absolute atomic E-state index is 0.0667. The fourth-order valence-electron chi connectivity index (χ4n) is 3.60. The summed E-state index contributed by atoms with van der Waals surface area (Å²) in [5, 5.41) is 35.0. The number of thiazole rings is 1. The molecule has 3 aromatic rings. The number of β-lactam (4-membered cyclic amide) rings is 1. The number of rotatable bonds is 8. The number of nitrogen functional groups attached to an aromatic ring is 1. The number of aromatic nitrogens is 4. The van der Waals surface area contributed by atoms with Gasteiger partial charge in [0.15, 0.2) is 16.7 Å². The summed E-state index contributed by atoms with van der Waals surface area (Å²) in [6.07, 6.45) is 0. The first-order valence-corrected chi connectivity index (χ1v) is 13.9. The average molecular weight is 565 g/mol. The number of nitrogens with one attached hydrogen (secondary N) is 2.